The van der Waals surface area contributed by atoms with Gasteiger partial charge < -0.3 is 20.5 Å². The van der Waals surface area contributed by atoms with Crippen molar-refractivity contribution in [3.05, 3.63) is 62.3 Å². The first-order chi connectivity index (χ1) is 16.7. The van der Waals surface area contributed by atoms with E-state index in [2.05, 4.69) is 10.2 Å². The number of aromatic nitrogens is 4. The molecule has 0 aliphatic carbocycles. The summed E-state index contributed by atoms with van der Waals surface area (Å²) in [6.07, 6.45) is 3.88. The van der Waals surface area contributed by atoms with Gasteiger partial charge in [-0.3, -0.25) is 18.7 Å². The van der Waals surface area contributed by atoms with E-state index in [0.29, 0.717) is 35.8 Å². The lowest BCUT2D eigenvalue weighted by Crippen LogP contribution is -2.44. The molecule has 2 aromatic heterocycles. The highest BCUT2D eigenvalue weighted by Crippen LogP contribution is 2.23. The molecule has 3 heterocycles. The molecule has 1 aromatic carbocycles. The number of hydrogen-bond acceptors (Lipinski definition) is 7. The molecule has 1 atom stereocenters. The van der Waals surface area contributed by atoms with Gasteiger partial charge in [-0.1, -0.05) is 23.8 Å². The number of aryl methyl sites for hydroxylation is 1. The molecule has 0 bridgehead atoms. The molecule has 0 amide bonds. The minimum absolute atomic E-state index is 0.0203. The van der Waals surface area contributed by atoms with Gasteiger partial charge in [0.1, 0.15) is 0 Å². The molecular weight excluding hydrogens is 446 g/mol. The second-order valence-corrected chi connectivity index (χ2v) is 9.31. The van der Waals surface area contributed by atoms with Crippen LogP contribution < -0.4 is 27.2 Å². The summed E-state index contributed by atoms with van der Waals surface area (Å²) in [4.78, 5) is 46.7. The monoisotopic (exact) mass is 479 g/mol. The number of rotatable bonds is 7. The fourth-order valence-corrected chi connectivity index (χ4v) is 4.46. The normalized spacial score (nSPS) is 15.9. The molecule has 1 fully saturated rings. The Morgan fingerprint density at radius 3 is 2.71 bits per heavy atom. The van der Waals surface area contributed by atoms with Gasteiger partial charge in [-0.2, -0.15) is 4.98 Å². The Kier molecular flexibility index (Phi) is 6.93. The highest BCUT2D eigenvalue weighted by atomic mass is 16.2. The summed E-state index contributed by atoms with van der Waals surface area (Å²) in [5, 5.41) is 2.99. The first kappa shape index (κ1) is 24.5. The van der Waals surface area contributed by atoms with Crippen LogP contribution in [0.2, 0.25) is 0 Å². The second kappa shape index (κ2) is 9.91. The van der Waals surface area contributed by atoms with E-state index in [4.69, 9.17) is 10.7 Å². The van der Waals surface area contributed by atoms with Gasteiger partial charge >= 0.3 is 5.69 Å². The van der Waals surface area contributed by atoms with Gasteiger partial charge in [0.25, 0.3) is 5.56 Å². The van der Waals surface area contributed by atoms with Crippen LogP contribution in [0, 0.1) is 0 Å². The maximum Gasteiger partial charge on any atom is 0.332 e. The lowest BCUT2D eigenvalue weighted by molar-refractivity contribution is 0.0969. The highest BCUT2D eigenvalue weighted by molar-refractivity contribution is 5.96. The quantitative estimate of drug-likeness (QED) is 0.391. The van der Waals surface area contributed by atoms with E-state index >= 15 is 0 Å². The topological polar surface area (TPSA) is 120 Å². The predicted octanol–water partition coefficient (Wildman–Crippen LogP) is 1.72. The molecule has 0 saturated carbocycles. The van der Waals surface area contributed by atoms with Crippen LogP contribution in [-0.4, -0.2) is 50.6 Å². The van der Waals surface area contributed by atoms with E-state index in [-0.39, 0.29) is 18.4 Å². The summed E-state index contributed by atoms with van der Waals surface area (Å²) in [6, 6.07) is 6.99. The predicted molar refractivity (Wildman–Crippen MR) is 138 cm³/mol. The van der Waals surface area contributed by atoms with Crippen molar-refractivity contribution in [2.24, 2.45) is 12.8 Å². The van der Waals surface area contributed by atoms with Crippen molar-refractivity contribution >= 4 is 28.6 Å². The summed E-state index contributed by atoms with van der Waals surface area (Å²) in [5.41, 5.74) is 8.01. The van der Waals surface area contributed by atoms with Crippen LogP contribution in [0.25, 0.3) is 11.2 Å². The van der Waals surface area contributed by atoms with Crippen LogP contribution in [0.4, 0.5) is 11.6 Å². The fourth-order valence-electron chi connectivity index (χ4n) is 4.46. The number of benzene rings is 1. The largest absolute Gasteiger partial charge is 0.388 e. The van der Waals surface area contributed by atoms with Crippen LogP contribution in [0.1, 0.15) is 37.0 Å². The molecule has 1 saturated heterocycles. The third kappa shape index (κ3) is 4.79. The van der Waals surface area contributed by atoms with Crippen molar-refractivity contribution in [3.63, 3.8) is 0 Å². The second-order valence-electron chi connectivity index (χ2n) is 9.31. The molecule has 1 aliphatic rings. The highest BCUT2D eigenvalue weighted by Gasteiger charge is 2.26. The number of carbonyl (C=O) groups is 1. The van der Waals surface area contributed by atoms with Crippen molar-refractivity contribution in [1.29, 1.82) is 0 Å². The van der Waals surface area contributed by atoms with Gasteiger partial charge in [-0.05, 0) is 38.8 Å². The molecule has 1 unspecified atom stereocenters. The molecule has 10 nitrogen and oxygen atoms in total. The van der Waals surface area contributed by atoms with Crippen LogP contribution in [0.3, 0.4) is 0 Å². The summed E-state index contributed by atoms with van der Waals surface area (Å²) >= 11 is 0. The SMILES string of the molecule is CNc1cccc(C(=O)Cn2c(=O)c3c(nc(N4CCCC(N)C4)n3CC=C(C)C)n(C)c2=O)c1. The lowest BCUT2D eigenvalue weighted by atomic mass is 10.1. The van der Waals surface area contributed by atoms with Crippen molar-refractivity contribution in [2.45, 2.75) is 45.8 Å². The Balaban J connectivity index is 1.86. The standard InChI is InChI=1S/C25H33N7O3/c1-16(2)10-12-31-21-22(28-24(31)30-11-6-8-18(26)14-30)29(4)25(35)32(23(21)34)15-20(33)17-7-5-9-19(13-17)27-3/h5,7,9-10,13,18,27H,6,8,11-12,14-15,26H2,1-4H3. The Morgan fingerprint density at radius 1 is 1.26 bits per heavy atom. The summed E-state index contributed by atoms with van der Waals surface area (Å²) in [5.74, 6) is 0.295. The molecule has 1 aliphatic heterocycles. The zero-order valence-electron chi connectivity index (χ0n) is 20.7. The zero-order chi connectivity index (χ0) is 25.3. The van der Waals surface area contributed by atoms with Crippen LogP contribution in [0.15, 0.2) is 45.5 Å². The Hall–Kier alpha value is -3.66. The maximum atomic E-state index is 13.7. The number of nitrogens with two attached hydrogens (primary N) is 1. The number of ketones is 1. The zero-order valence-corrected chi connectivity index (χ0v) is 20.7. The van der Waals surface area contributed by atoms with Gasteiger partial charge in [0, 0.05) is 51.0 Å². The van der Waals surface area contributed by atoms with Crippen LogP contribution in [0.5, 0.6) is 0 Å². The van der Waals surface area contributed by atoms with Crippen molar-refractivity contribution < 1.29 is 4.79 Å². The molecule has 4 rings (SSSR count). The van der Waals surface area contributed by atoms with Gasteiger partial charge in [0.05, 0.1) is 6.54 Å². The molecule has 186 valence electrons. The number of nitrogens with one attached hydrogen (secondary N) is 1. The van der Waals surface area contributed by atoms with Crippen LogP contribution >= 0.6 is 0 Å². The van der Waals surface area contributed by atoms with Gasteiger partial charge in [0.15, 0.2) is 16.9 Å². The molecular formula is C25H33N7O3. The van der Waals surface area contributed by atoms with E-state index in [9.17, 15) is 14.4 Å². The Bertz CT molecular complexity index is 1410. The van der Waals surface area contributed by atoms with E-state index < -0.39 is 11.2 Å². The van der Waals surface area contributed by atoms with Gasteiger partial charge in [-0.25, -0.2) is 4.79 Å². The number of hydrogen-bond donors (Lipinski definition) is 2. The molecule has 35 heavy (non-hydrogen) atoms. The number of piperidine rings is 1. The van der Waals surface area contributed by atoms with E-state index in [0.717, 1.165) is 35.2 Å². The van der Waals surface area contributed by atoms with E-state index in [1.807, 2.05) is 30.6 Å². The Labute approximate surface area is 203 Å². The van der Waals surface area contributed by atoms with Crippen molar-refractivity contribution in [1.82, 2.24) is 18.7 Å². The average molecular weight is 480 g/mol. The van der Waals surface area contributed by atoms with Gasteiger partial charge in [0.2, 0.25) is 5.95 Å². The molecule has 10 heteroatoms. The Morgan fingerprint density at radius 2 is 2.03 bits per heavy atom. The van der Waals surface area contributed by atoms with Crippen molar-refractivity contribution in [2.75, 3.05) is 30.4 Å². The third-order valence-corrected chi connectivity index (χ3v) is 6.41. The summed E-state index contributed by atoms with van der Waals surface area (Å²) in [7, 11) is 3.34. The first-order valence-electron chi connectivity index (χ1n) is 11.9. The van der Waals surface area contributed by atoms with Gasteiger partial charge in [-0.15, -0.1) is 0 Å². The summed E-state index contributed by atoms with van der Waals surface area (Å²) < 4.78 is 4.19. The summed E-state index contributed by atoms with van der Waals surface area (Å²) in [6.45, 7) is 5.44. The molecule has 3 aromatic rings. The number of anilines is 2. The number of Topliss-reactive ketones (excluding diaryl/α,β-unsaturated/α-hetero) is 1. The number of fused-ring (bicyclic) bond motifs is 1. The third-order valence-electron chi connectivity index (χ3n) is 6.41. The number of allylic oxidation sites excluding steroid dienone is 2. The number of imidazole rings is 1. The van der Waals surface area contributed by atoms with Crippen molar-refractivity contribution in [3.8, 4) is 0 Å². The number of nitrogens with zero attached hydrogens (tertiary/aromatic N) is 5. The fraction of sp³-hybridized carbons (Fsp3) is 0.440. The number of carbonyl (C=O) groups excluding carboxylic acids is 1. The minimum Gasteiger partial charge on any atom is -0.388 e. The molecule has 3 N–H and O–H groups in total. The molecule has 0 spiro atoms. The average Bonchev–Trinajstić information content (AvgIpc) is 3.23. The molecule has 0 radical (unpaired) electrons. The van der Waals surface area contributed by atoms with E-state index in [1.54, 1.807) is 32.3 Å². The van der Waals surface area contributed by atoms with Crippen LogP contribution in [-0.2, 0) is 20.1 Å². The first-order valence-corrected chi connectivity index (χ1v) is 11.9. The minimum atomic E-state index is -0.575. The lowest BCUT2D eigenvalue weighted by Gasteiger charge is -2.31. The maximum absolute atomic E-state index is 13.7. The van der Waals surface area contributed by atoms with E-state index in [1.165, 1.54) is 4.57 Å². The smallest absolute Gasteiger partial charge is 0.332 e.